The van der Waals surface area contributed by atoms with Gasteiger partial charge in [0.2, 0.25) is 0 Å². The molecule has 1 amide bonds. The highest BCUT2D eigenvalue weighted by Crippen LogP contribution is 2.33. The summed E-state index contributed by atoms with van der Waals surface area (Å²) < 4.78 is 1.16. The van der Waals surface area contributed by atoms with E-state index in [2.05, 4.69) is 10.4 Å². The fourth-order valence-corrected chi connectivity index (χ4v) is 3.16. The molecule has 0 saturated carbocycles. The lowest BCUT2D eigenvalue weighted by Gasteiger charge is -2.11. The molecule has 0 bridgehead atoms. The van der Waals surface area contributed by atoms with Gasteiger partial charge in [-0.2, -0.15) is 5.10 Å². The number of benzene rings is 2. The molecule has 1 heterocycles. The minimum atomic E-state index is -1.06. The topological polar surface area (TPSA) is 84.2 Å². The third kappa shape index (κ3) is 4.27. The van der Waals surface area contributed by atoms with E-state index in [1.54, 1.807) is 6.07 Å². The Hall–Kier alpha value is -3.06. The summed E-state index contributed by atoms with van der Waals surface area (Å²) in [4.78, 5) is 25.3. The zero-order valence-electron chi connectivity index (χ0n) is 13.1. The van der Waals surface area contributed by atoms with Crippen LogP contribution in [0.4, 0.5) is 5.69 Å². The predicted octanol–water partition coefficient (Wildman–Crippen LogP) is 3.37. The first-order valence-corrected chi connectivity index (χ1v) is 8.32. The second kappa shape index (κ2) is 7.67. The van der Waals surface area contributed by atoms with Crippen molar-refractivity contribution >= 4 is 29.3 Å². The fourth-order valence-electron chi connectivity index (χ4n) is 2.24. The Bertz CT molecular complexity index is 893. The van der Waals surface area contributed by atoms with E-state index in [0.717, 1.165) is 14.5 Å². The maximum atomic E-state index is 12.5. The van der Waals surface area contributed by atoms with E-state index in [0.29, 0.717) is 5.69 Å². The summed E-state index contributed by atoms with van der Waals surface area (Å²) in [6.07, 6.45) is 1.41. The van der Waals surface area contributed by atoms with Crippen LogP contribution in [0.1, 0.15) is 10.5 Å². The zero-order valence-corrected chi connectivity index (χ0v) is 13.9. The van der Waals surface area contributed by atoms with E-state index in [4.69, 9.17) is 5.11 Å². The van der Waals surface area contributed by atoms with Gasteiger partial charge in [0.05, 0.1) is 5.69 Å². The molecule has 2 N–H and O–H groups in total. The van der Waals surface area contributed by atoms with Crippen molar-refractivity contribution < 1.29 is 14.7 Å². The number of para-hydroxylation sites is 1. The van der Waals surface area contributed by atoms with Crippen molar-refractivity contribution in [1.82, 2.24) is 9.78 Å². The van der Waals surface area contributed by atoms with E-state index >= 15 is 0 Å². The second-order valence-corrected chi connectivity index (χ2v) is 6.25. The summed E-state index contributed by atoms with van der Waals surface area (Å²) >= 11 is 1.54. The van der Waals surface area contributed by atoms with E-state index in [-0.39, 0.29) is 12.2 Å². The van der Waals surface area contributed by atoms with E-state index in [1.165, 1.54) is 24.0 Å². The largest absolute Gasteiger partial charge is 0.480 e. The highest BCUT2D eigenvalue weighted by atomic mass is 32.2. The van der Waals surface area contributed by atoms with Crippen molar-refractivity contribution in [3.63, 3.8) is 0 Å². The molecule has 0 radical (unpaired) electrons. The van der Waals surface area contributed by atoms with Crippen molar-refractivity contribution in [2.75, 3.05) is 5.32 Å². The number of rotatable bonds is 6. The standard InChI is InChI=1S/C18H15N3O3S/c22-17(23)12-21-15(10-11-19-21)18(24)20-14-8-4-5-9-16(14)25-13-6-2-1-3-7-13/h1-11H,12H2,(H,20,24)(H,22,23). The summed E-state index contributed by atoms with van der Waals surface area (Å²) in [6, 6.07) is 18.8. The average Bonchev–Trinajstić information content (AvgIpc) is 3.05. The number of hydrogen-bond acceptors (Lipinski definition) is 4. The predicted molar refractivity (Wildman–Crippen MR) is 94.8 cm³/mol. The van der Waals surface area contributed by atoms with E-state index in [9.17, 15) is 9.59 Å². The molecule has 0 saturated heterocycles. The molecule has 0 unspecified atom stereocenters. The molecule has 0 aliphatic rings. The highest BCUT2D eigenvalue weighted by Gasteiger charge is 2.15. The van der Waals surface area contributed by atoms with Gasteiger partial charge in [0, 0.05) is 16.0 Å². The molecule has 0 spiro atoms. The van der Waals surface area contributed by atoms with Gasteiger partial charge < -0.3 is 10.4 Å². The number of aromatic nitrogens is 2. The van der Waals surface area contributed by atoms with Gasteiger partial charge in [-0.3, -0.25) is 9.59 Å². The highest BCUT2D eigenvalue weighted by molar-refractivity contribution is 7.99. The first kappa shape index (κ1) is 16.8. The van der Waals surface area contributed by atoms with Gasteiger partial charge in [0.15, 0.2) is 0 Å². The minimum Gasteiger partial charge on any atom is -0.480 e. The van der Waals surface area contributed by atoms with Crippen LogP contribution in [-0.4, -0.2) is 26.8 Å². The Morgan fingerprint density at radius 1 is 1.04 bits per heavy atom. The van der Waals surface area contributed by atoms with Gasteiger partial charge in [-0.15, -0.1) is 0 Å². The average molecular weight is 353 g/mol. The SMILES string of the molecule is O=C(O)Cn1nccc1C(=O)Nc1ccccc1Sc1ccccc1. The molecule has 7 heteroatoms. The molecule has 0 fully saturated rings. The molecule has 25 heavy (non-hydrogen) atoms. The van der Waals surface area contributed by atoms with E-state index < -0.39 is 11.9 Å². The number of amides is 1. The van der Waals surface area contributed by atoms with E-state index in [1.807, 2.05) is 48.5 Å². The lowest BCUT2D eigenvalue weighted by atomic mass is 10.3. The molecule has 1 aromatic heterocycles. The normalized spacial score (nSPS) is 10.4. The summed E-state index contributed by atoms with van der Waals surface area (Å²) in [7, 11) is 0. The summed E-state index contributed by atoms with van der Waals surface area (Å²) in [5.74, 6) is -1.46. The first-order valence-electron chi connectivity index (χ1n) is 7.50. The Morgan fingerprint density at radius 2 is 1.76 bits per heavy atom. The molecule has 6 nitrogen and oxygen atoms in total. The summed E-state index contributed by atoms with van der Waals surface area (Å²) in [5.41, 5.74) is 0.853. The van der Waals surface area contributed by atoms with Gasteiger partial charge in [0.25, 0.3) is 5.91 Å². The lowest BCUT2D eigenvalue weighted by molar-refractivity contribution is -0.137. The zero-order chi connectivity index (χ0) is 17.6. The number of nitrogens with zero attached hydrogens (tertiary/aromatic N) is 2. The fraction of sp³-hybridized carbons (Fsp3) is 0.0556. The molecule has 0 aliphatic heterocycles. The third-order valence-corrected chi connectivity index (χ3v) is 4.42. The van der Waals surface area contributed by atoms with Crippen molar-refractivity contribution in [1.29, 1.82) is 0 Å². The van der Waals surface area contributed by atoms with Gasteiger partial charge >= 0.3 is 5.97 Å². The molecule has 3 rings (SSSR count). The second-order valence-electron chi connectivity index (χ2n) is 5.13. The number of hydrogen-bond donors (Lipinski definition) is 2. The molecular weight excluding hydrogens is 338 g/mol. The van der Waals surface area contributed by atoms with Crippen LogP contribution in [0, 0.1) is 0 Å². The number of carboxylic acids is 1. The Balaban J connectivity index is 1.80. The maximum absolute atomic E-state index is 12.5. The van der Waals surface area contributed by atoms with Crippen molar-refractivity contribution in [2.45, 2.75) is 16.3 Å². The number of carboxylic acid groups (broad SMARTS) is 1. The number of carbonyl (C=O) groups excluding carboxylic acids is 1. The van der Waals surface area contributed by atoms with Crippen LogP contribution < -0.4 is 5.32 Å². The first-order chi connectivity index (χ1) is 12.1. The van der Waals surface area contributed by atoms with Gasteiger partial charge in [-0.1, -0.05) is 42.1 Å². The van der Waals surface area contributed by atoms with Crippen LogP contribution in [-0.2, 0) is 11.3 Å². The van der Waals surface area contributed by atoms with Crippen LogP contribution in [0.2, 0.25) is 0 Å². The quantitative estimate of drug-likeness (QED) is 0.710. The maximum Gasteiger partial charge on any atom is 0.325 e. The van der Waals surface area contributed by atoms with Crippen molar-refractivity contribution in [2.24, 2.45) is 0 Å². The third-order valence-electron chi connectivity index (χ3n) is 3.34. The minimum absolute atomic E-state index is 0.196. The number of anilines is 1. The smallest absolute Gasteiger partial charge is 0.325 e. The molecule has 0 atom stereocenters. The van der Waals surface area contributed by atoms with Crippen LogP contribution in [0.25, 0.3) is 0 Å². The molecule has 3 aromatic rings. The van der Waals surface area contributed by atoms with Gasteiger partial charge in [-0.25, -0.2) is 4.68 Å². The Morgan fingerprint density at radius 3 is 2.52 bits per heavy atom. The Labute approximate surface area is 148 Å². The monoisotopic (exact) mass is 353 g/mol. The number of aliphatic carboxylic acids is 1. The molecule has 0 aliphatic carbocycles. The van der Waals surface area contributed by atoms with Crippen LogP contribution in [0.5, 0.6) is 0 Å². The molecule has 2 aromatic carbocycles. The van der Waals surface area contributed by atoms with Gasteiger partial charge in [0.1, 0.15) is 12.2 Å². The Kier molecular flexibility index (Phi) is 5.15. The molecular formula is C18H15N3O3S. The van der Waals surface area contributed by atoms with Crippen molar-refractivity contribution in [3.05, 3.63) is 72.6 Å². The lowest BCUT2D eigenvalue weighted by Crippen LogP contribution is -2.20. The summed E-state index contributed by atoms with van der Waals surface area (Å²) in [6.45, 7) is -0.365. The molecule has 126 valence electrons. The van der Waals surface area contributed by atoms with Crippen molar-refractivity contribution in [3.8, 4) is 0 Å². The summed E-state index contributed by atoms with van der Waals surface area (Å²) in [5, 5.41) is 15.6. The van der Waals surface area contributed by atoms with Gasteiger partial charge in [-0.05, 0) is 30.3 Å². The van der Waals surface area contributed by atoms with Crippen LogP contribution in [0.3, 0.4) is 0 Å². The number of nitrogens with one attached hydrogen (secondary N) is 1. The number of carbonyl (C=O) groups is 2. The van der Waals surface area contributed by atoms with Crippen LogP contribution in [0.15, 0.2) is 76.7 Å². The van der Waals surface area contributed by atoms with Crippen LogP contribution >= 0.6 is 11.8 Å².